The second-order valence-electron chi connectivity index (χ2n) is 4.98. The standard InChI is InChI=1S/C16H13Cl2N5O/c1-10-20-16(23(21-10)12-5-3-2-4-6-12)22(15(19)24)14-8-7-11(17)9-13(14)18/h2-9H,1H3,(H2,19,24). The van der Waals surface area contributed by atoms with Gasteiger partial charge in [-0.15, -0.1) is 5.10 Å². The fourth-order valence-electron chi connectivity index (χ4n) is 2.28. The summed E-state index contributed by atoms with van der Waals surface area (Å²) in [6.07, 6.45) is 0. The molecular weight excluding hydrogens is 349 g/mol. The van der Waals surface area contributed by atoms with Crippen LogP contribution in [0.15, 0.2) is 48.5 Å². The van der Waals surface area contributed by atoms with Gasteiger partial charge in [0.15, 0.2) is 0 Å². The zero-order valence-corrected chi connectivity index (χ0v) is 14.2. The predicted molar refractivity (Wildman–Crippen MR) is 94.3 cm³/mol. The van der Waals surface area contributed by atoms with Crippen molar-refractivity contribution in [2.24, 2.45) is 5.73 Å². The van der Waals surface area contributed by atoms with Crippen LogP contribution in [0.2, 0.25) is 10.0 Å². The molecule has 0 saturated heterocycles. The molecule has 2 amide bonds. The highest BCUT2D eigenvalue weighted by Gasteiger charge is 2.25. The van der Waals surface area contributed by atoms with Crippen LogP contribution in [0.25, 0.3) is 5.69 Å². The molecule has 0 unspecified atom stereocenters. The fraction of sp³-hybridized carbons (Fsp3) is 0.0625. The molecule has 122 valence electrons. The number of aryl methyl sites for hydroxylation is 1. The Morgan fingerprint density at radius 3 is 2.50 bits per heavy atom. The first-order chi connectivity index (χ1) is 11.5. The van der Waals surface area contributed by atoms with Gasteiger partial charge < -0.3 is 5.73 Å². The third-order valence-corrected chi connectivity index (χ3v) is 3.81. The second-order valence-corrected chi connectivity index (χ2v) is 5.82. The second kappa shape index (κ2) is 6.51. The summed E-state index contributed by atoms with van der Waals surface area (Å²) in [5.41, 5.74) is 6.69. The van der Waals surface area contributed by atoms with Crippen molar-refractivity contribution in [3.8, 4) is 5.69 Å². The summed E-state index contributed by atoms with van der Waals surface area (Å²) in [5.74, 6) is 0.737. The molecule has 0 aliphatic carbocycles. The molecule has 6 nitrogen and oxygen atoms in total. The lowest BCUT2D eigenvalue weighted by molar-refractivity contribution is 0.255. The van der Waals surface area contributed by atoms with Gasteiger partial charge in [-0.25, -0.2) is 9.69 Å². The number of anilines is 2. The Labute approximate surface area is 148 Å². The minimum atomic E-state index is -0.733. The van der Waals surface area contributed by atoms with Crippen LogP contribution in [0.4, 0.5) is 16.4 Å². The van der Waals surface area contributed by atoms with Gasteiger partial charge in [0.2, 0.25) is 5.95 Å². The topological polar surface area (TPSA) is 77.0 Å². The molecule has 24 heavy (non-hydrogen) atoms. The van der Waals surface area contributed by atoms with Gasteiger partial charge in [-0.1, -0.05) is 41.4 Å². The van der Waals surface area contributed by atoms with Gasteiger partial charge in [0.1, 0.15) is 5.82 Å². The molecule has 0 bridgehead atoms. The van der Waals surface area contributed by atoms with Crippen molar-refractivity contribution >= 4 is 40.9 Å². The monoisotopic (exact) mass is 361 g/mol. The number of nitrogens with zero attached hydrogens (tertiary/aromatic N) is 4. The Bertz CT molecular complexity index is 895. The van der Waals surface area contributed by atoms with Gasteiger partial charge in [-0.05, 0) is 37.3 Å². The smallest absolute Gasteiger partial charge is 0.326 e. The first-order valence-corrected chi connectivity index (χ1v) is 7.76. The van der Waals surface area contributed by atoms with Gasteiger partial charge in [-0.2, -0.15) is 9.67 Å². The SMILES string of the molecule is Cc1nc(N(C(N)=O)c2ccc(Cl)cc2Cl)n(-c2ccccc2)n1. The molecule has 8 heteroatoms. The number of hydrogen-bond donors (Lipinski definition) is 1. The number of hydrogen-bond acceptors (Lipinski definition) is 3. The van der Waals surface area contributed by atoms with Gasteiger partial charge in [0, 0.05) is 5.02 Å². The molecule has 0 aliphatic rings. The van der Waals surface area contributed by atoms with Crippen molar-refractivity contribution in [3.05, 3.63) is 64.4 Å². The lowest BCUT2D eigenvalue weighted by atomic mass is 10.3. The quantitative estimate of drug-likeness (QED) is 0.762. The summed E-state index contributed by atoms with van der Waals surface area (Å²) >= 11 is 12.2. The van der Waals surface area contributed by atoms with E-state index in [2.05, 4.69) is 10.1 Å². The molecule has 3 rings (SSSR count). The average molecular weight is 362 g/mol. The number of nitrogens with two attached hydrogens (primary N) is 1. The minimum Gasteiger partial charge on any atom is -0.351 e. The van der Waals surface area contributed by atoms with Crippen molar-refractivity contribution in [2.45, 2.75) is 6.92 Å². The van der Waals surface area contributed by atoms with Crippen LogP contribution in [0.3, 0.4) is 0 Å². The third kappa shape index (κ3) is 3.06. The van der Waals surface area contributed by atoms with E-state index in [0.717, 1.165) is 5.69 Å². The zero-order chi connectivity index (χ0) is 17.3. The van der Waals surface area contributed by atoms with Gasteiger partial charge in [-0.3, -0.25) is 0 Å². The first kappa shape index (κ1) is 16.3. The third-order valence-electron chi connectivity index (χ3n) is 3.27. The number of halogens is 2. The molecule has 0 spiro atoms. The Morgan fingerprint density at radius 2 is 1.88 bits per heavy atom. The van der Waals surface area contributed by atoms with E-state index in [0.29, 0.717) is 16.5 Å². The maximum Gasteiger partial charge on any atom is 0.326 e. The van der Waals surface area contributed by atoms with Crippen molar-refractivity contribution < 1.29 is 4.79 Å². The van der Waals surface area contributed by atoms with Crippen LogP contribution in [0, 0.1) is 6.92 Å². The molecular formula is C16H13Cl2N5O. The van der Waals surface area contributed by atoms with E-state index < -0.39 is 6.03 Å². The maximum absolute atomic E-state index is 12.1. The number of benzene rings is 2. The van der Waals surface area contributed by atoms with Crippen molar-refractivity contribution in [2.75, 3.05) is 4.90 Å². The Kier molecular flexibility index (Phi) is 4.42. The number of rotatable bonds is 3. The summed E-state index contributed by atoms with van der Waals surface area (Å²) in [6.45, 7) is 1.73. The summed E-state index contributed by atoms with van der Waals surface area (Å²) in [5, 5.41) is 5.08. The number of carbonyl (C=O) groups is 1. The molecule has 0 aliphatic heterocycles. The van der Waals surface area contributed by atoms with Crippen molar-refractivity contribution in [1.29, 1.82) is 0 Å². The van der Waals surface area contributed by atoms with E-state index >= 15 is 0 Å². The summed E-state index contributed by atoms with van der Waals surface area (Å²) in [4.78, 5) is 17.6. The van der Waals surface area contributed by atoms with E-state index in [-0.39, 0.29) is 11.0 Å². The summed E-state index contributed by atoms with van der Waals surface area (Å²) in [7, 11) is 0. The summed E-state index contributed by atoms with van der Waals surface area (Å²) in [6, 6.07) is 13.3. The number of para-hydroxylation sites is 1. The lowest BCUT2D eigenvalue weighted by Crippen LogP contribution is -2.33. The van der Waals surface area contributed by atoms with Crippen molar-refractivity contribution in [3.63, 3.8) is 0 Å². The Hall–Kier alpha value is -2.57. The molecule has 1 aromatic heterocycles. The van der Waals surface area contributed by atoms with Crippen LogP contribution in [-0.2, 0) is 0 Å². The number of amides is 2. The van der Waals surface area contributed by atoms with E-state index in [4.69, 9.17) is 28.9 Å². The molecule has 0 radical (unpaired) electrons. The van der Waals surface area contributed by atoms with E-state index in [1.807, 2.05) is 30.3 Å². The largest absolute Gasteiger partial charge is 0.351 e. The normalized spacial score (nSPS) is 10.6. The molecule has 2 aromatic carbocycles. The zero-order valence-electron chi connectivity index (χ0n) is 12.6. The summed E-state index contributed by atoms with van der Waals surface area (Å²) < 4.78 is 1.53. The van der Waals surface area contributed by atoms with Gasteiger partial charge in [0.25, 0.3) is 0 Å². The van der Waals surface area contributed by atoms with Crippen LogP contribution >= 0.6 is 23.2 Å². The molecule has 3 aromatic rings. The molecule has 0 saturated carbocycles. The van der Waals surface area contributed by atoms with Crippen LogP contribution in [0.1, 0.15) is 5.82 Å². The molecule has 0 atom stereocenters. The molecule has 2 N–H and O–H groups in total. The maximum atomic E-state index is 12.1. The van der Waals surface area contributed by atoms with Crippen LogP contribution in [0.5, 0.6) is 0 Å². The lowest BCUT2D eigenvalue weighted by Gasteiger charge is -2.21. The van der Waals surface area contributed by atoms with Crippen molar-refractivity contribution in [1.82, 2.24) is 14.8 Å². The number of carbonyl (C=O) groups excluding carboxylic acids is 1. The number of aromatic nitrogens is 3. The van der Waals surface area contributed by atoms with Gasteiger partial charge in [0.05, 0.1) is 16.4 Å². The number of primary amides is 1. The van der Waals surface area contributed by atoms with Crippen LogP contribution in [-0.4, -0.2) is 20.8 Å². The minimum absolute atomic E-state index is 0.246. The van der Waals surface area contributed by atoms with Gasteiger partial charge >= 0.3 is 6.03 Å². The molecule has 1 heterocycles. The highest BCUT2D eigenvalue weighted by molar-refractivity contribution is 6.37. The average Bonchev–Trinajstić information content (AvgIpc) is 2.92. The van der Waals surface area contributed by atoms with Crippen LogP contribution < -0.4 is 10.6 Å². The van der Waals surface area contributed by atoms with E-state index in [9.17, 15) is 4.79 Å². The Balaban J connectivity index is 2.19. The van der Waals surface area contributed by atoms with E-state index in [1.165, 1.54) is 15.6 Å². The fourth-order valence-corrected chi connectivity index (χ4v) is 2.77. The first-order valence-electron chi connectivity index (χ1n) is 7.01. The number of urea groups is 1. The molecule has 0 fully saturated rings. The highest BCUT2D eigenvalue weighted by atomic mass is 35.5. The van der Waals surface area contributed by atoms with E-state index in [1.54, 1.807) is 19.1 Å². The Morgan fingerprint density at radius 1 is 1.17 bits per heavy atom. The highest BCUT2D eigenvalue weighted by Crippen LogP contribution is 2.33. The predicted octanol–water partition coefficient (Wildman–Crippen LogP) is 4.10.